The van der Waals surface area contributed by atoms with Crippen LogP contribution >= 0.6 is 0 Å². The van der Waals surface area contributed by atoms with Crippen LogP contribution in [0.25, 0.3) is 27.8 Å². The molecule has 1 aromatic carbocycles. The molecule has 28 heavy (non-hydrogen) atoms. The van der Waals surface area contributed by atoms with Crippen molar-refractivity contribution >= 4 is 27.9 Å². The summed E-state index contributed by atoms with van der Waals surface area (Å²) < 4.78 is 7.69. The lowest BCUT2D eigenvalue weighted by Crippen LogP contribution is -2.05. The molecule has 5 rings (SSSR count). The third kappa shape index (κ3) is 2.30. The van der Waals surface area contributed by atoms with Crippen molar-refractivity contribution < 1.29 is 4.74 Å². The smallest absolute Gasteiger partial charge is 0.152 e. The minimum Gasteiger partial charge on any atom is -0.496 e. The Morgan fingerprint density at radius 2 is 1.89 bits per heavy atom. The molecule has 4 aromatic rings. The maximum Gasteiger partial charge on any atom is 0.152 e. The van der Waals surface area contributed by atoms with Gasteiger partial charge in [0.2, 0.25) is 0 Å². The van der Waals surface area contributed by atoms with Gasteiger partial charge in [0.15, 0.2) is 5.65 Å². The second kappa shape index (κ2) is 5.92. The number of methoxy groups -OCH3 is 1. The molecule has 6 nitrogen and oxygen atoms in total. The standard InChI is InChI=1S/C22H23N5O/c1-11-5-8-17(28-4)12(2)19(11)27-21-16(18-20(23)24-10-25-22(18)27)9-15(13(3)26-21)14-6-7-14/h5,8-10,14H,6-7H2,1-4H3,(H2,23,24,25). The Hall–Kier alpha value is -3.15. The van der Waals surface area contributed by atoms with Crippen LogP contribution in [0.1, 0.15) is 41.1 Å². The highest BCUT2D eigenvalue weighted by atomic mass is 16.5. The number of nitrogens with zero attached hydrogens (tertiary/aromatic N) is 4. The molecule has 1 saturated carbocycles. The second-order valence-corrected chi connectivity index (χ2v) is 7.66. The van der Waals surface area contributed by atoms with Gasteiger partial charge in [0.05, 0.1) is 18.2 Å². The van der Waals surface area contributed by atoms with E-state index < -0.39 is 0 Å². The third-order valence-electron chi connectivity index (χ3n) is 5.83. The molecule has 0 amide bonds. The minimum atomic E-state index is 0.486. The fourth-order valence-electron chi connectivity index (χ4n) is 4.28. The van der Waals surface area contributed by atoms with E-state index in [1.165, 1.54) is 24.7 Å². The van der Waals surface area contributed by atoms with Gasteiger partial charge in [0, 0.05) is 16.6 Å². The Bertz CT molecular complexity index is 1250. The van der Waals surface area contributed by atoms with Crippen LogP contribution in [0, 0.1) is 20.8 Å². The van der Waals surface area contributed by atoms with Crippen LogP contribution in [0.15, 0.2) is 24.5 Å². The molecule has 2 N–H and O–H groups in total. The highest BCUT2D eigenvalue weighted by molar-refractivity contribution is 6.11. The van der Waals surface area contributed by atoms with E-state index in [4.69, 9.17) is 15.5 Å². The van der Waals surface area contributed by atoms with Crippen molar-refractivity contribution in [2.75, 3.05) is 12.8 Å². The first-order chi connectivity index (χ1) is 13.5. The number of hydrogen-bond acceptors (Lipinski definition) is 5. The zero-order chi connectivity index (χ0) is 19.6. The van der Waals surface area contributed by atoms with Gasteiger partial charge >= 0.3 is 0 Å². The number of ether oxygens (including phenoxy) is 1. The second-order valence-electron chi connectivity index (χ2n) is 7.66. The molecule has 142 valence electrons. The highest BCUT2D eigenvalue weighted by Gasteiger charge is 2.28. The highest BCUT2D eigenvalue weighted by Crippen LogP contribution is 2.44. The number of nitrogen functional groups attached to an aromatic ring is 1. The molecular weight excluding hydrogens is 350 g/mol. The zero-order valence-corrected chi connectivity index (χ0v) is 16.6. The van der Waals surface area contributed by atoms with Gasteiger partial charge in [-0.1, -0.05) is 6.07 Å². The molecule has 0 saturated heterocycles. The van der Waals surface area contributed by atoms with E-state index in [1.54, 1.807) is 7.11 Å². The Balaban J connectivity index is 1.97. The molecule has 0 radical (unpaired) electrons. The van der Waals surface area contributed by atoms with Gasteiger partial charge in [0.25, 0.3) is 0 Å². The third-order valence-corrected chi connectivity index (χ3v) is 5.83. The van der Waals surface area contributed by atoms with Gasteiger partial charge in [-0.2, -0.15) is 0 Å². The monoisotopic (exact) mass is 373 g/mol. The number of anilines is 1. The fourth-order valence-corrected chi connectivity index (χ4v) is 4.28. The first kappa shape index (κ1) is 17.0. The molecule has 1 fully saturated rings. The number of pyridine rings is 1. The fraction of sp³-hybridized carbons (Fsp3) is 0.318. The molecule has 0 aliphatic heterocycles. The zero-order valence-electron chi connectivity index (χ0n) is 16.6. The first-order valence-corrected chi connectivity index (χ1v) is 9.58. The summed E-state index contributed by atoms with van der Waals surface area (Å²) >= 11 is 0. The maximum absolute atomic E-state index is 6.31. The van der Waals surface area contributed by atoms with E-state index in [-0.39, 0.29) is 0 Å². The largest absolute Gasteiger partial charge is 0.496 e. The summed E-state index contributed by atoms with van der Waals surface area (Å²) in [6.07, 6.45) is 3.98. The average Bonchev–Trinajstić information content (AvgIpc) is 3.46. The molecule has 0 spiro atoms. The molecule has 3 aromatic heterocycles. The van der Waals surface area contributed by atoms with Crippen LogP contribution in [0.2, 0.25) is 0 Å². The minimum absolute atomic E-state index is 0.486. The van der Waals surface area contributed by atoms with E-state index in [2.05, 4.69) is 47.4 Å². The van der Waals surface area contributed by atoms with E-state index in [0.717, 1.165) is 50.3 Å². The number of nitrogens with two attached hydrogens (primary N) is 1. The summed E-state index contributed by atoms with van der Waals surface area (Å²) in [5.41, 5.74) is 13.5. The molecule has 1 aliphatic carbocycles. The molecule has 0 bridgehead atoms. The Morgan fingerprint density at radius 3 is 2.61 bits per heavy atom. The Labute approximate surface area is 163 Å². The summed E-state index contributed by atoms with van der Waals surface area (Å²) in [4.78, 5) is 13.9. The quantitative estimate of drug-likeness (QED) is 0.577. The van der Waals surface area contributed by atoms with E-state index in [0.29, 0.717) is 11.7 Å². The SMILES string of the molecule is COc1ccc(C)c(-n2c3nc(C)c(C4CC4)cc3c3c(N)ncnc32)c1C. The van der Waals surface area contributed by atoms with Gasteiger partial charge in [0.1, 0.15) is 23.5 Å². The Morgan fingerprint density at radius 1 is 1.11 bits per heavy atom. The number of fused-ring (bicyclic) bond motifs is 3. The normalized spacial score (nSPS) is 14.1. The Kier molecular flexibility index (Phi) is 3.59. The molecule has 6 heteroatoms. The van der Waals surface area contributed by atoms with Gasteiger partial charge in [-0.05, 0) is 62.8 Å². The summed E-state index contributed by atoms with van der Waals surface area (Å²) in [6.45, 7) is 6.25. The predicted molar refractivity (Wildman–Crippen MR) is 111 cm³/mol. The summed E-state index contributed by atoms with van der Waals surface area (Å²) in [6, 6.07) is 6.31. The lowest BCUT2D eigenvalue weighted by molar-refractivity contribution is 0.411. The number of benzene rings is 1. The van der Waals surface area contributed by atoms with E-state index in [9.17, 15) is 0 Å². The number of rotatable bonds is 3. The maximum atomic E-state index is 6.31. The van der Waals surface area contributed by atoms with Crippen molar-refractivity contribution in [3.8, 4) is 11.4 Å². The topological polar surface area (TPSA) is 78.9 Å². The van der Waals surface area contributed by atoms with Gasteiger partial charge < -0.3 is 10.5 Å². The van der Waals surface area contributed by atoms with Crippen molar-refractivity contribution in [3.05, 3.63) is 46.9 Å². The summed E-state index contributed by atoms with van der Waals surface area (Å²) in [5.74, 6) is 1.93. The number of aryl methyl sites for hydroxylation is 2. The van der Waals surface area contributed by atoms with Crippen LogP contribution in [0.4, 0.5) is 5.82 Å². The number of aromatic nitrogens is 4. The lowest BCUT2D eigenvalue weighted by atomic mass is 10.1. The van der Waals surface area contributed by atoms with Gasteiger partial charge in [-0.15, -0.1) is 0 Å². The van der Waals surface area contributed by atoms with E-state index >= 15 is 0 Å². The van der Waals surface area contributed by atoms with Gasteiger partial charge in [-0.3, -0.25) is 4.57 Å². The van der Waals surface area contributed by atoms with Crippen LogP contribution in [0.5, 0.6) is 5.75 Å². The summed E-state index contributed by atoms with van der Waals surface area (Å²) in [7, 11) is 1.69. The van der Waals surface area contributed by atoms with Crippen LogP contribution in [0.3, 0.4) is 0 Å². The van der Waals surface area contributed by atoms with Crippen molar-refractivity contribution in [2.45, 2.75) is 39.5 Å². The lowest BCUT2D eigenvalue weighted by Gasteiger charge is -2.16. The van der Waals surface area contributed by atoms with Crippen LogP contribution < -0.4 is 10.5 Å². The molecule has 3 heterocycles. The van der Waals surface area contributed by atoms with Crippen LogP contribution in [-0.4, -0.2) is 26.6 Å². The summed E-state index contributed by atoms with van der Waals surface area (Å²) in [5, 5.41) is 1.88. The van der Waals surface area contributed by atoms with Crippen molar-refractivity contribution in [1.29, 1.82) is 0 Å². The average molecular weight is 373 g/mol. The molecule has 0 unspecified atom stereocenters. The number of hydrogen-bond donors (Lipinski definition) is 1. The van der Waals surface area contributed by atoms with Crippen molar-refractivity contribution in [2.24, 2.45) is 0 Å². The molecular formula is C22H23N5O. The van der Waals surface area contributed by atoms with Crippen LogP contribution in [-0.2, 0) is 0 Å². The van der Waals surface area contributed by atoms with Crippen molar-refractivity contribution in [1.82, 2.24) is 19.5 Å². The molecule has 1 aliphatic rings. The first-order valence-electron chi connectivity index (χ1n) is 9.58. The van der Waals surface area contributed by atoms with Gasteiger partial charge in [-0.25, -0.2) is 15.0 Å². The molecule has 0 atom stereocenters. The predicted octanol–water partition coefficient (Wildman–Crippen LogP) is 4.36. The van der Waals surface area contributed by atoms with Crippen molar-refractivity contribution in [3.63, 3.8) is 0 Å². The van der Waals surface area contributed by atoms with E-state index in [1.807, 2.05) is 6.07 Å².